The predicted octanol–water partition coefficient (Wildman–Crippen LogP) is 1.25. The molecule has 2 N–H and O–H groups in total. The number of carbonyl (C=O) groups excluding carboxylic acids is 1. The van der Waals surface area contributed by atoms with E-state index < -0.39 is 0 Å². The number of nitrogens with two attached hydrogens (primary N) is 1. The molecule has 0 spiro atoms. The van der Waals surface area contributed by atoms with E-state index in [-0.39, 0.29) is 5.97 Å². The summed E-state index contributed by atoms with van der Waals surface area (Å²) in [7, 11) is 1.39. The second-order valence-corrected chi connectivity index (χ2v) is 3.85. The van der Waals surface area contributed by atoms with Gasteiger partial charge >= 0.3 is 5.97 Å². The number of esters is 1. The van der Waals surface area contributed by atoms with E-state index in [9.17, 15) is 4.79 Å². The summed E-state index contributed by atoms with van der Waals surface area (Å²) in [5.74, 6) is -0.297. The third kappa shape index (κ3) is 4.17. The molecule has 1 rings (SSSR count). The van der Waals surface area contributed by atoms with E-state index in [0.29, 0.717) is 12.1 Å². The van der Waals surface area contributed by atoms with Crippen LogP contribution in [0.3, 0.4) is 0 Å². The summed E-state index contributed by atoms with van der Waals surface area (Å²) in [5.41, 5.74) is 7.23. The van der Waals surface area contributed by atoms with Gasteiger partial charge in [-0.05, 0) is 24.2 Å². The topological polar surface area (TPSA) is 55.6 Å². The van der Waals surface area contributed by atoms with Crippen molar-refractivity contribution in [3.05, 3.63) is 35.4 Å². The van der Waals surface area contributed by atoms with Crippen LogP contribution in [0.4, 0.5) is 0 Å². The van der Waals surface area contributed by atoms with E-state index in [0.717, 1.165) is 25.2 Å². The van der Waals surface area contributed by atoms with Crippen LogP contribution in [0.5, 0.6) is 0 Å². The molecule has 4 nitrogen and oxygen atoms in total. The van der Waals surface area contributed by atoms with Crippen LogP contribution in [0.1, 0.15) is 22.8 Å². The zero-order chi connectivity index (χ0) is 12.7. The summed E-state index contributed by atoms with van der Waals surface area (Å²) in [5, 5.41) is 0. The first-order chi connectivity index (χ1) is 8.21. The second-order valence-electron chi connectivity index (χ2n) is 3.85. The van der Waals surface area contributed by atoms with Crippen LogP contribution < -0.4 is 5.73 Å². The number of methoxy groups -OCH3 is 1. The fourth-order valence-electron chi connectivity index (χ4n) is 1.70. The Morgan fingerprint density at radius 2 is 2.24 bits per heavy atom. The molecular formula is C13H20N2O2. The van der Waals surface area contributed by atoms with Gasteiger partial charge in [-0.1, -0.05) is 19.1 Å². The molecule has 4 heteroatoms. The number of hydrogen-bond acceptors (Lipinski definition) is 4. The van der Waals surface area contributed by atoms with E-state index >= 15 is 0 Å². The van der Waals surface area contributed by atoms with Gasteiger partial charge in [0.15, 0.2) is 0 Å². The van der Waals surface area contributed by atoms with Crippen LogP contribution in [-0.4, -0.2) is 37.6 Å². The molecule has 0 saturated carbocycles. The average Bonchev–Trinajstić information content (AvgIpc) is 2.37. The maximum Gasteiger partial charge on any atom is 0.337 e. The van der Waals surface area contributed by atoms with Gasteiger partial charge < -0.3 is 10.5 Å². The lowest BCUT2D eigenvalue weighted by molar-refractivity contribution is 0.0600. The molecule has 0 aliphatic rings. The molecule has 94 valence electrons. The van der Waals surface area contributed by atoms with Gasteiger partial charge in [-0.15, -0.1) is 0 Å². The van der Waals surface area contributed by atoms with Crippen LogP contribution in [0.2, 0.25) is 0 Å². The van der Waals surface area contributed by atoms with Gasteiger partial charge in [0.2, 0.25) is 0 Å². The first kappa shape index (κ1) is 13.7. The number of hydrogen-bond donors (Lipinski definition) is 1. The van der Waals surface area contributed by atoms with Gasteiger partial charge in [0.1, 0.15) is 0 Å². The van der Waals surface area contributed by atoms with Crippen LogP contribution in [0.25, 0.3) is 0 Å². The number of rotatable bonds is 6. The van der Waals surface area contributed by atoms with E-state index in [1.807, 2.05) is 18.2 Å². The number of nitrogens with zero attached hydrogens (tertiary/aromatic N) is 1. The molecular weight excluding hydrogens is 216 g/mol. The van der Waals surface area contributed by atoms with Gasteiger partial charge in [-0.2, -0.15) is 0 Å². The number of benzene rings is 1. The monoisotopic (exact) mass is 236 g/mol. The minimum Gasteiger partial charge on any atom is -0.465 e. The summed E-state index contributed by atoms with van der Waals surface area (Å²) < 4.78 is 4.70. The van der Waals surface area contributed by atoms with Gasteiger partial charge in [-0.3, -0.25) is 4.90 Å². The number of likely N-dealkylation sites (N-methyl/N-ethyl adjacent to an activating group) is 1. The van der Waals surface area contributed by atoms with E-state index in [1.165, 1.54) is 7.11 Å². The number of ether oxygens (including phenoxy) is 1. The SMILES string of the molecule is CCN(CCN)Cc1cccc(C(=O)OC)c1. The molecule has 0 saturated heterocycles. The van der Waals surface area contributed by atoms with Crippen molar-refractivity contribution in [1.82, 2.24) is 4.90 Å². The molecule has 17 heavy (non-hydrogen) atoms. The Hall–Kier alpha value is -1.39. The quantitative estimate of drug-likeness (QED) is 0.755. The van der Waals surface area contributed by atoms with Crippen LogP contribution >= 0.6 is 0 Å². The standard InChI is InChI=1S/C13H20N2O2/c1-3-15(8-7-14)10-11-5-4-6-12(9-11)13(16)17-2/h4-6,9H,3,7-8,10,14H2,1-2H3. The van der Waals surface area contributed by atoms with Crippen LogP contribution in [-0.2, 0) is 11.3 Å². The Labute approximate surface area is 102 Å². The molecule has 1 aromatic carbocycles. The van der Waals surface area contributed by atoms with Crippen molar-refractivity contribution in [2.24, 2.45) is 5.73 Å². The zero-order valence-corrected chi connectivity index (χ0v) is 10.5. The molecule has 0 fully saturated rings. The van der Waals surface area contributed by atoms with E-state index in [2.05, 4.69) is 11.8 Å². The maximum atomic E-state index is 11.4. The van der Waals surface area contributed by atoms with Gasteiger partial charge in [0, 0.05) is 19.6 Å². The molecule has 0 atom stereocenters. The predicted molar refractivity (Wildman–Crippen MR) is 67.8 cm³/mol. The Morgan fingerprint density at radius 3 is 2.82 bits per heavy atom. The lowest BCUT2D eigenvalue weighted by Crippen LogP contribution is -2.28. The Morgan fingerprint density at radius 1 is 1.47 bits per heavy atom. The highest BCUT2D eigenvalue weighted by atomic mass is 16.5. The summed E-state index contributed by atoms with van der Waals surface area (Å²) in [6.07, 6.45) is 0. The Bertz CT molecular complexity index is 366. The van der Waals surface area contributed by atoms with Crippen molar-refractivity contribution in [3.63, 3.8) is 0 Å². The summed E-state index contributed by atoms with van der Waals surface area (Å²) in [6.45, 7) is 5.35. The maximum absolute atomic E-state index is 11.4. The molecule has 1 aromatic rings. The van der Waals surface area contributed by atoms with Gasteiger partial charge in [-0.25, -0.2) is 4.79 Å². The highest BCUT2D eigenvalue weighted by molar-refractivity contribution is 5.89. The highest BCUT2D eigenvalue weighted by Crippen LogP contribution is 2.09. The zero-order valence-electron chi connectivity index (χ0n) is 10.5. The lowest BCUT2D eigenvalue weighted by Gasteiger charge is -2.19. The molecule has 0 aliphatic carbocycles. The first-order valence-corrected chi connectivity index (χ1v) is 5.81. The van der Waals surface area contributed by atoms with Crippen molar-refractivity contribution in [2.45, 2.75) is 13.5 Å². The molecule has 0 radical (unpaired) electrons. The Balaban J connectivity index is 2.74. The van der Waals surface area contributed by atoms with Crippen molar-refractivity contribution in [1.29, 1.82) is 0 Å². The van der Waals surface area contributed by atoms with E-state index in [4.69, 9.17) is 10.5 Å². The van der Waals surface area contributed by atoms with Crippen molar-refractivity contribution in [3.8, 4) is 0 Å². The largest absolute Gasteiger partial charge is 0.465 e. The average molecular weight is 236 g/mol. The summed E-state index contributed by atoms with van der Waals surface area (Å²) in [4.78, 5) is 13.6. The fourth-order valence-corrected chi connectivity index (χ4v) is 1.70. The lowest BCUT2D eigenvalue weighted by atomic mass is 10.1. The second kappa shape index (κ2) is 7.04. The van der Waals surface area contributed by atoms with Crippen LogP contribution in [0.15, 0.2) is 24.3 Å². The van der Waals surface area contributed by atoms with Crippen molar-refractivity contribution < 1.29 is 9.53 Å². The molecule has 0 aliphatic heterocycles. The third-order valence-corrected chi connectivity index (χ3v) is 2.65. The van der Waals surface area contributed by atoms with Crippen molar-refractivity contribution in [2.75, 3.05) is 26.7 Å². The highest BCUT2D eigenvalue weighted by Gasteiger charge is 2.07. The summed E-state index contributed by atoms with van der Waals surface area (Å²) >= 11 is 0. The van der Waals surface area contributed by atoms with E-state index in [1.54, 1.807) is 6.07 Å². The van der Waals surface area contributed by atoms with Gasteiger partial charge in [0.05, 0.1) is 12.7 Å². The van der Waals surface area contributed by atoms with Gasteiger partial charge in [0.25, 0.3) is 0 Å². The minimum atomic E-state index is -0.297. The molecule has 0 bridgehead atoms. The molecule has 0 unspecified atom stereocenters. The smallest absolute Gasteiger partial charge is 0.337 e. The normalized spacial score (nSPS) is 10.6. The van der Waals surface area contributed by atoms with Crippen molar-refractivity contribution >= 4 is 5.97 Å². The minimum absolute atomic E-state index is 0.297. The fraction of sp³-hybridized carbons (Fsp3) is 0.462. The molecule has 0 amide bonds. The molecule has 0 heterocycles. The third-order valence-electron chi connectivity index (χ3n) is 2.65. The molecule has 0 aromatic heterocycles. The summed E-state index contributed by atoms with van der Waals surface area (Å²) in [6, 6.07) is 7.50. The Kier molecular flexibility index (Phi) is 5.66. The van der Waals surface area contributed by atoms with Crippen LogP contribution in [0, 0.1) is 0 Å². The number of carbonyl (C=O) groups is 1. The first-order valence-electron chi connectivity index (χ1n) is 5.81.